The van der Waals surface area contributed by atoms with E-state index in [0.717, 1.165) is 0 Å². The number of carbonyl (C=O) groups excluding carboxylic acids is 1. The van der Waals surface area contributed by atoms with Gasteiger partial charge in [-0.3, -0.25) is 0 Å². The maximum atomic E-state index is 12.2. The summed E-state index contributed by atoms with van der Waals surface area (Å²) in [5.74, 6) is 0.234. The van der Waals surface area contributed by atoms with Crippen LogP contribution in [0.5, 0.6) is 5.75 Å². The van der Waals surface area contributed by atoms with Crippen molar-refractivity contribution in [2.75, 3.05) is 32.0 Å². The number of halogens is 2. The minimum atomic E-state index is -0.545. The molecular formula is C17H22BrClN4O3. The zero-order valence-corrected chi connectivity index (χ0v) is 17.3. The molecule has 0 aromatic heterocycles. The van der Waals surface area contributed by atoms with Gasteiger partial charge in [0.2, 0.25) is 0 Å². The number of amides is 1. The fourth-order valence-corrected chi connectivity index (χ4v) is 3.12. The van der Waals surface area contributed by atoms with Gasteiger partial charge in [0.1, 0.15) is 23.8 Å². The topological polar surface area (TPSA) is 101 Å². The number of benzene rings is 1. The van der Waals surface area contributed by atoms with Gasteiger partial charge in [-0.2, -0.15) is 5.26 Å². The van der Waals surface area contributed by atoms with Gasteiger partial charge in [0.25, 0.3) is 0 Å². The molecule has 0 aliphatic carbocycles. The fraction of sp³-hybridized carbons (Fsp3) is 0.529. The monoisotopic (exact) mass is 444 g/mol. The summed E-state index contributed by atoms with van der Waals surface area (Å²) >= 11 is 9.53. The van der Waals surface area contributed by atoms with E-state index in [1.54, 1.807) is 11.0 Å². The zero-order valence-electron chi connectivity index (χ0n) is 14.9. The van der Waals surface area contributed by atoms with Gasteiger partial charge < -0.3 is 25.4 Å². The Balaban J connectivity index is 2.04. The van der Waals surface area contributed by atoms with Crippen molar-refractivity contribution in [3.8, 4) is 11.8 Å². The van der Waals surface area contributed by atoms with Gasteiger partial charge in [-0.05, 0) is 42.8 Å². The van der Waals surface area contributed by atoms with E-state index in [1.165, 1.54) is 0 Å². The average molecular weight is 446 g/mol. The number of carbonyl (C=O) groups is 1. The lowest BCUT2D eigenvalue weighted by molar-refractivity contribution is 0.0178. The van der Waals surface area contributed by atoms with Crippen LogP contribution in [0.2, 0.25) is 5.02 Å². The second kappa shape index (κ2) is 8.33. The normalized spacial score (nSPS) is 17.5. The lowest BCUT2D eigenvalue weighted by Gasteiger charge is -2.34. The van der Waals surface area contributed by atoms with Crippen LogP contribution in [0, 0.1) is 11.3 Å². The second-order valence-corrected chi connectivity index (χ2v) is 8.20. The Hall–Kier alpha value is -1.69. The van der Waals surface area contributed by atoms with E-state index in [0.29, 0.717) is 24.1 Å². The first-order valence-corrected chi connectivity index (χ1v) is 9.31. The smallest absolute Gasteiger partial charge is 0.410 e. The van der Waals surface area contributed by atoms with Crippen LogP contribution < -0.4 is 15.8 Å². The van der Waals surface area contributed by atoms with Gasteiger partial charge >= 0.3 is 6.09 Å². The largest absolute Gasteiger partial charge is 0.489 e. The summed E-state index contributed by atoms with van der Waals surface area (Å²) in [5.41, 5.74) is 5.79. The molecule has 7 nitrogen and oxygen atoms in total. The molecular weight excluding hydrogens is 424 g/mol. The van der Waals surface area contributed by atoms with Gasteiger partial charge in [0, 0.05) is 24.1 Å². The standard InChI is InChI=1S/C17H22BrClN4O3/c1-17(2,3)26-16(24)23-5-4-22-10(8-23)9-25-15-11(7-20)13(21)6-12(18)14(15)19/h6,10,22H,4-5,8-9,21H2,1-3H3. The molecule has 1 aliphatic heterocycles. The lowest BCUT2D eigenvalue weighted by Crippen LogP contribution is -2.55. The molecule has 0 bridgehead atoms. The highest BCUT2D eigenvalue weighted by Gasteiger charge is 2.28. The molecule has 142 valence electrons. The summed E-state index contributed by atoms with van der Waals surface area (Å²) in [7, 11) is 0. The summed E-state index contributed by atoms with van der Waals surface area (Å²) in [6, 6.07) is 3.45. The molecule has 1 saturated heterocycles. The van der Waals surface area contributed by atoms with Crippen molar-refractivity contribution in [2.24, 2.45) is 0 Å². The van der Waals surface area contributed by atoms with E-state index in [-0.39, 0.29) is 40.8 Å². The first-order chi connectivity index (χ1) is 12.1. The van der Waals surface area contributed by atoms with Crippen molar-refractivity contribution in [2.45, 2.75) is 32.4 Å². The fourth-order valence-electron chi connectivity index (χ4n) is 2.49. The van der Waals surface area contributed by atoms with Crippen molar-refractivity contribution in [3.05, 3.63) is 21.1 Å². The highest BCUT2D eigenvalue weighted by Crippen LogP contribution is 2.38. The van der Waals surface area contributed by atoms with E-state index in [1.807, 2.05) is 26.8 Å². The number of rotatable bonds is 3. The Morgan fingerprint density at radius 1 is 1.58 bits per heavy atom. The molecule has 0 saturated carbocycles. The summed E-state index contributed by atoms with van der Waals surface area (Å²) < 4.78 is 11.7. The minimum absolute atomic E-state index is 0.126. The molecule has 1 atom stereocenters. The molecule has 1 aromatic rings. The molecule has 1 amide bonds. The Bertz CT molecular complexity index is 730. The van der Waals surface area contributed by atoms with E-state index < -0.39 is 5.60 Å². The molecule has 1 heterocycles. The Morgan fingerprint density at radius 2 is 2.27 bits per heavy atom. The van der Waals surface area contributed by atoms with E-state index in [2.05, 4.69) is 21.2 Å². The third-order valence-corrected chi connectivity index (χ3v) is 4.88. The number of hydrogen-bond donors (Lipinski definition) is 2. The molecule has 1 fully saturated rings. The van der Waals surface area contributed by atoms with Gasteiger partial charge in [-0.1, -0.05) is 11.6 Å². The van der Waals surface area contributed by atoms with Crippen LogP contribution >= 0.6 is 27.5 Å². The molecule has 1 unspecified atom stereocenters. The third-order valence-electron chi connectivity index (χ3n) is 3.65. The van der Waals surface area contributed by atoms with Crippen LogP contribution in [0.15, 0.2) is 10.5 Å². The number of nitrogens with zero attached hydrogens (tertiary/aromatic N) is 2. The molecule has 1 aromatic carbocycles. The number of piperazine rings is 1. The van der Waals surface area contributed by atoms with Crippen LogP contribution in [0.4, 0.5) is 10.5 Å². The van der Waals surface area contributed by atoms with Crippen LogP contribution in [0.3, 0.4) is 0 Å². The van der Waals surface area contributed by atoms with Crippen LogP contribution in [0.25, 0.3) is 0 Å². The average Bonchev–Trinajstić information content (AvgIpc) is 2.55. The number of anilines is 1. The molecule has 0 spiro atoms. The molecule has 9 heteroatoms. The SMILES string of the molecule is CC(C)(C)OC(=O)N1CCNC(COc2c(Cl)c(Br)cc(N)c2C#N)C1. The number of hydrogen-bond acceptors (Lipinski definition) is 6. The van der Waals surface area contributed by atoms with E-state index in [9.17, 15) is 10.1 Å². The Kier molecular flexibility index (Phi) is 6.61. The minimum Gasteiger partial charge on any atom is -0.489 e. The summed E-state index contributed by atoms with van der Waals surface area (Å²) in [4.78, 5) is 13.9. The highest BCUT2D eigenvalue weighted by atomic mass is 79.9. The van der Waals surface area contributed by atoms with Crippen molar-refractivity contribution in [1.29, 1.82) is 5.26 Å². The van der Waals surface area contributed by atoms with E-state index >= 15 is 0 Å². The maximum Gasteiger partial charge on any atom is 0.410 e. The van der Waals surface area contributed by atoms with Crippen molar-refractivity contribution < 1.29 is 14.3 Å². The van der Waals surface area contributed by atoms with Gasteiger partial charge in [-0.15, -0.1) is 0 Å². The summed E-state index contributed by atoms with van der Waals surface area (Å²) in [6.07, 6.45) is -0.355. The summed E-state index contributed by atoms with van der Waals surface area (Å²) in [6.45, 7) is 7.32. The quantitative estimate of drug-likeness (QED) is 0.693. The number of nitrogens with two attached hydrogens (primary N) is 1. The Morgan fingerprint density at radius 3 is 2.88 bits per heavy atom. The maximum absolute atomic E-state index is 12.2. The predicted molar refractivity (Wildman–Crippen MR) is 103 cm³/mol. The first kappa shape index (κ1) is 20.6. The molecule has 3 N–H and O–H groups in total. The van der Waals surface area contributed by atoms with Gasteiger partial charge in [0.15, 0.2) is 5.75 Å². The lowest BCUT2D eigenvalue weighted by atomic mass is 10.1. The van der Waals surface area contributed by atoms with Crippen LogP contribution in [0.1, 0.15) is 26.3 Å². The molecule has 0 radical (unpaired) electrons. The van der Waals surface area contributed by atoms with Crippen molar-refractivity contribution in [1.82, 2.24) is 10.2 Å². The molecule has 2 rings (SSSR count). The Labute approximate surface area is 166 Å². The zero-order chi connectivity index (χ0) is 19.5. The van der Waals surface area contributed by atoms with E-state index in [4.69, 9.17) is 26.8 Å². The van der Waals surface area contributed by atoms with Crippen molar-refractivity contribution >= 4 is 39.3 Å². The number of nitrogens with one attached hydrogen (secondary N) is 1. The summed E-state index contributed by atoms with van der Waals surface area (Å²) in [5, 5.41) is 12.9. The van der Waals surface area contributed by atoms with Gasteiger partial charge in [-0.25, -0.2) is 4.79 Å². The number of ether oxygens (including phenoxy) is 2. The van der Waals surface area contributed by atoms with Crippen LogP contribution in [-0.2, 0) is 4.74 Å². The predicted octanol–water partition coefficient (Wildman–Crippen LogP) is 3.14. The number of nitriles is 1. The van der Waals surface area contributed by atoms with Gasteiger partial charge in [0.05, 0.1) is 16.8 Å². The highest BCUT2D eigenvalue weighted by molar-refractivity contribution is 9.10. The third kappa shape index (κ3) is 5.16. The number of nitrogen functional groups attached to an aromatic ring is 1. The van der Waals surface area contributed by atoms with Crippen LogP contribution in [-0.4, -0.2) is 48.9 Å². The molecule has 1 aliphatic rings. The van der Waals surface area contributed by atoms with Crippen molar-refractivity contribution in [3.63, 3.8) is 0 Å². The second-order valence-electron chi connectivity index (χ2n) is 6.97. The molecule has 26 heavy (non-hydrogen) atoms. The first-order valence-electron chi connectivity index (χ1n) is 8.14.